The Bertz CT molecular complexity index is 639. The number of nitrogens with zero attached hydrogens (tertiary/aromatic N) is 5. The zero-order chi connectivity index (χ0) is 15.6. The van der Waals surface area contributed by atoms with Crippen LogP contribution in [0.15, 0.2) is 24.7 Å². The molecule has 2 fully saturated rings. The molecule has 23 heavy (non-hydrogen) atoms. The van der Waals surface area contributed by atoms with Crippen LogP contribution in [0.2, 0.25) is 0 Å². The quantitative estimate of drug-likeness (QED) is 0.815. The highest BCUT2D eigenvalue weighted by Gasteiger charge is 2.29. The molecule has 2 aromatic rings. The van der Waals surface area contributed by atoms with Crippen molar-refractivity contribution in [2.24, 2.45) is 0 Å². The first-order valence-electron chi connectivity index (χ1n) is 8.41. The van der Waals surface area contributed by atoms with Gasteiger partial charge >= 0.3 is 0 Å². The molecule has 0 bridgehead atoms. The van der Waals surface area contributed by atoms with Gasteiger partial charge in [0, 0.05) is 55.1 Å². The second-order valence-corrected chi connectivity index (χ2v) is 7.84. The Balaban J connectivity index is 1.29. The van der Waals surface area contributed by atoms with Gasteiger partial charge in [-0.3, -0.25) is 9.80 Å². The number of likely N-dealkylation sites (tertiary alicyclic amines) is 1. The van der Waals surface area contributed by atoms with E-state index in [2.05, 4.69) is 38.0 Å². The number of thiazole rings is 1. The standard InChI is InChI=1S/C17H23N5S/c1-21(12-16-18-6-2-7-19-16)14-5-8-22(10-14)11-15-9-20-17(23-15)13-3-4-13/h2,6-7,9,13-14H,3-5,8,10-12H2,1H3/t14-/m1/s1. The normalized spacial score (nSPS) is 22.1. The van der Waals surface area contributed by atoms with Crippen LogP contribution < -0.4 is 0 Å². The first-order valence-corrected chi connectivity index (χ1v) is 9.22. The van der Waals surface area contributed by atoms with E-state index in [1.807, 2.05) is 29.8 Å². The molecule has 0 unspecified atom stereocenters. The monoisotopic (exact) mass is 329 g/mol. The maximum atomic E-state index is 4.60. The fraction of sp³-hybridized carbons (Fsp3) is 0.588. The molecule has 1 aliphatic heterocycles. The van der Waals surface area contributed by atoms with Crippen LogP contribution in [0.1, 0.15) is 40.9 Å². The molecule has 2 aromatic heterocycles. The minimum absolute atomic E-state index is 0.592. The molecular weight excluding hydrogens is 306 g/mol. The second kappa shape index (κ2) is 6.63. The van der Waals surface area contributed by atoms with Gasteiger partial charge in [-0.2, -0.15) is 0 Å². The third kappa shape index (κ3) is 3.76. The summed E-state index contributed by atoms with van der Waals surface area (Å²) in [5.74, 6) is 1.68. The lowest BCUT2D eigenvalue weighted by Crippen LogP contribution is -2.34. The van der Waals surface area contributed by atoms with Crippen molar-refractivity contribution in [3.63, 3.8) is 0 Å². The van der Waals surface area contributed by atoms with Gasteiger partial charge in [0.2, 0.25) is 0 Å². The number of hydrogen-bond donors (Lipinski definition) is 0. The van der Waals surface area contributed by atoms with Crippen LogP contribution in [0, 0.1) is 0 Å². The number of rotatable bonds is 6. The summed E-state index contributed by atoms with van der Waals surface area (Å²) in [4.78, 5) is 19.6. The Hall–Kier alpha value is -1.37. The van der Waals surface area contributed by atoms with Crippen molar-refractivity contribution >= 4 is 11.3 Å². The van der Waals surface area contributed by atoms with Crippen LogP contribution in [0.3, 0.4) is 0 Å². The highest BCUT2D eigenvalue weighted by molar-refractivity contribution is 7.11. The van der Waals surface area contributed by atoms with Gasteiger partial charge in [-0.15, -0.1) is 11.3 Å². The Morgan fingerprint density at radius 2 is 2.04 bits per heavy atom. The van der Waals surface area contributed by atoms with Gasteiger partial charge in [0.1, 0.15) is 5.82 Å². The molecule has 5 nitrogen and oxygen atoms in total. The first kappa shape index (κ1) is 15.2. The lowest BCUT2D eigenvalue weighted by molar-refractivity contribution is 0.219. The summed E-state index contributed by atoms with van der Waals surface area (Å²) < 4.78 is 0. The van der Waals surface area contributed by atoms with Crippen LogP contribution in [-0.4, -0.2) is 50.9 Å². The lowest BCUT2D eigenvalue weighted by atomic mass is 10.2. The molecule has 0 N–H and O–H groups in total. The average molecular weight is 329 g/mol. The summed E-state index contributed by atoms with van der Waals surface area (Å²) in [6.45, 7) is 4.17. The predicted octanol–water partition coefficient (Wildman–Crippen LogP) is 2.52. The SMILES string of the molecule is CN(Cc1ncccn1)[C@@H]1CCN(Cc2cnc(C3CC3)s2)C1. The van der Waals surface area contributed by atoms with Crippen LogP contribution in [0.5, 0.6) is 0 Å². The van der Waals surface area contributed by atoms with E-state index in [-0.39, 0.29) is 0 Å². The topological polar surface area (TPSA) is 45.2 Å². The molecule has 1 atom stereocenters. The highest BCUT2D eigenvalue weighted by atomic mass is 32.1. The maximum absolute atomic E-state index is 4.60. The van der Waals surface area contributed by atoms with E-state index in [1.165, 1.54) is 35.7 Å². The van der Waals surface area contributed by atoms with E-state index in [9.17, 15) is 0 Å². The summed E-state index contributed by atoms with van der Waals surface area (Å²) in [6.07, 6.45) is 9.62. The third-order valence-electron chi connectivity index (χ3n) is 4.76. The van der Waals surface area contributed by atoms with Gasteiger partial charge in [0.25, 0.3) is 0 Å². The third-order valence-corrected chi connectivity index (χ3v) is 5.90. The van der Waals surface area contributed by atoms with E-state index < -0.39 is 0 Å². The minimum Gasteiger partial charge on any atom is -0.297 e. The first-order chi connectivity index (χ1) is 11.3. The smallest absolute Gasteiger partial charge is 0.142 e. The van der Waals surface area contributed by atoms with Crippen LogP contribution in [-0.2, 0) is 13.1 Å². The molecule has 1 saturated carbocycles. The number of likely N-dealkylation sites (N-methyl/N-ethyl adjacent to an activating group) is 1. The zero-order valence-electron chi connectivity index (χ0n) is 13.6. The van der Waals surface area contributed by atoms with E-state index >= 15 is 0 Å². The van der Waals surface area contributed by atoms with Crippen LogP contribution in [0.4, 0.5) is 0 Å². The summed E-state index contributed by atoms with van der Waals surface area (Å²) >= 11 is 1.92. The molecule has 122 valence electrons. The molecule has 3 heterocycles. The molecule has 2 aliphatic rings. The average Bonchev–Trinajstić information content (AvgIpc) is 3.13. The molecular formula is C17H23N5S. The summed E-state index contributed by atoms with van der Waals surface area (Å²) in [6, 6.07) is 2.46. The van der Waals surface area contributed by atoms with Crippen molar-refractivity contribution in [1.82, 2.24) is 24.8 Å². The Kier molecular flexibility index (Phi) is 4.37. The molecule has 4 rings (SSSR count). The summed E-state index contributed by atoms with van der Waals surface area (Å²) in [5, 5.41) is 1.36. The van der Waals surface area contributed by atoms with Gasteiger partial charge < -0.3 is 0 Å². The number of hydrogen-bond acceptors (Lipinski definition) is 6. The van der Waals surface area contributed by atoms with Crippen molar-refractivity contribution < 1.29 is 0 Å². The lowest BCUT2D eigenvalue weighted by Gasteiger charge is -2.23. The van der Waals surface area contributed by atoms with Gasteiger partial charge in [-0.25, -0.2) is 15.0 Å². The van der Waals surface area contributed by atoms with Gasteiger partial charge in [-0.05, 0) is 32.4 Å². The van der Waals surface area contributed by atoms with E-state index in [0.717, 1.165) is 31.4 Å². The minimum atomic E-state index is 0.592. The van der Waals surface area contributed by atoms with E-state index in [0.29, 0.717) is 6.04 Å². The fourth-order valence-electron chi connectivity index (χ4n) is 3.21. The van der Waals surface area contributed by atoms with E-state index in [4.69, 9.17) is 0 Å². The highest BCUT2D eigenvalue weighted by Crippen LogP contribution is 2.41. The summed E-state index contributed by atoms with van der Waals surface area (Å²) in [7, 11) is 2.18. The molecule has 1 aliphatic carbocycles. The predicted molar refractivity (Wildman–Crippen MR) is 91.3 cm³/mol. The molecule has 6 heteroatoms. The van der Waals surface area contributed by atoms with Gasteiger partial charge in [-0.1, -0.05) is 0 Å². The van der Waals surface area contributed by atoms with Gasteiger partial charge in [0.05, 0.1) is 11.6 Å². The summed E-state index contributed by atoms with van der Waals surface area (Å²) in [5.41, 5.74) is 0. The van der Waals surface area contributed by atoms with Crippen molar-refractivity contribution in [1.29, 1.82) is 0 Å². The fourth-order valence-corrected chi connectivity index (χ4v) is 4.34. The van der Waals surface area contributed by atoms with Crippen molar-refractivity contribution in [3.8, 4) is 0 Å². The number of aromatic nitrogens is 3. The Labute approximate surface area is 141 Å². The van der Waals surface area contributed by atoms with Crippen molar-refractivity contribution in [3.05, 3.63) is 40.4 Å². The van der Waals surface area contributed by atoms with Crippen LogP contribution >= 0.6 is 11.3 Å². The Morgan fingerprint density at radius 3 is 2.83 bits per heavy atom. The zero-order valence-corrected chi connectivity index (χ0v) is 14.4. The molecule has 0 aromatic carbocycles. The molecule has 0 amide bonds. The largest absolute Gasteiger partial charge is 0.297 e. The Morgan fingerprint density at radius 1 is 1.22 bits per heavy atom. The molecule has 0 spiro atoms. The van der Waals surface area contributed by atoms with Crippen molar-refractivity contribution in [2.75, 3.05) is 20.1 Å². The van der Waals surface area contributed by atoms with E-state index in [1.54, 1.807) is 0 Å². The molecule has 0 radical (unpaired) electrons. The maximum Gasteiger partial charge on any atom is 0.142 e. The second-order valence-electron chi connectivity index (χ2n) is 6.70. The van der Waals surface area contributed by atoms with Crippen molar-refractivity contribution in [2.45, 2.75) is 44.3 Å². The van der Waals surface area contributed by atoms with Crippen LogP contribution in [0.25, 0.3) is 0 Å². The van der Waals surface area contributed by atoms with Gasteiger partial charge in [0.15, 0.2) is 0 Å². The molecule has 1 saturated heterocycles.